The van der Waals surface area contributed by atoms with Crippen LogP contribution < -0.4 is 5.32 Å². The highest BCUT2D eigenvalue weighted by atomic mass is 79.9. The first-order valence-electron chi connectivity index (χ1n) is 9.39. The van der Waals surface area contributed by atoms with Crippen LogP contribution in [-0.4, -0.2) is 28.8 Å². The molecule has 0 aliphatic heterocycles. The second-order valence-electron chi connectivity index (χ2n) is 6.91. The fraction of sp³-hybridized carbons (Fsp3) is 0.364. The summed E-state index contributed by atoms with van der Waals surface area (Å²) in [4.78, 5) is 27.4. The summed E-state index contributed by atoms with van der Waals surface area (Å²) >= 11 is 9.69. The minimum absolute atomic E-state index is 0.0568. The maximum Gasteiger partial charge on any atom is 0.242 e. The lowest BCUT2D eigenvalue weighted by Gasteiger charge is -2.30. The number of carbonyl (C=O) groups excluding carboxylic acids is 2. The molecule has 2 aromatic carbocycles. The van der Waals surface area contributed by atoms with Crippen LogP contribution in [0.1, 0.15) is 38.3 Å². The molecule has 0 aromatic heterocycles. The third kappa shape index (κ3) is 6.35. The standard InChI is InChI=1S/C22H26BrClN2O2/c1-4-15(2)25-22(28)16(3)26(14-17-8-7-10-19(23)12-17)21(27)13-18-9-5-6-11-20(18)24/h5-12,15-16H,4,13-14H2,1-3H3,(H,25,28)/t15-,16+/m0/s1. The zero-order valence-electron chi connectivity index (χ0n) is 16.4. The van der Waals surface area contributed by atoms with Crippen molar-refractivity contribution in [3.63, 3.8) is 0 Å². The topological polar surface area (TPSA) is 49.4 Å². The van der Waals surface area contributed by atoms with Crippen molar-refractivity contribution in [3.05, 3.63) is 69.2 Å². The van der Waals surface area contributed by atoms with Gasteiger partial charge in [0.15, 0.2) is 0 Å². The SMILES string of the molecule is CC[C@H](C)NC(=O)[C@@H](C)N(Cc1cccc(Br)c1)C(=O)Cc1ccccc1Cl. The summed E-state index contributed by atoms with van der Waals surface area (Å²) < 4.78 is 0.931. The van der Waals surface area contributed by atoms with Crippen LogP contribution in [0.3, 0.4) is 0 Å². The van der Waals surface area contributed by atoms with Gasteiger partial charge in [-0.05, 0) is 49.6 Å². The van der Waals surface area contributed by atoms with Gasteiger partial charge >= 0.3 is 0 Å². The van der Waals surface area contributed by atoms with Gasteiger partial charge in [-0.2, -0.15) is 0 Å². The average Bonchev–Trinajstić information content (AvgIpc) is 2.67. The summed E-state index contributed by atoms with van der Waals surface area (Å²) in [5.74, 6) is -0.295. The van der Waals surface area contributed by atoms with Gasteiger partial charge in [-0.15, -0.1) is 0 Å². The van der Waals surface area contributed by atoms with Crippen molar-refractivity contribution in [2.75, 3.05) is 0 Å². The normalized spacial score (nSPS) is 12.9. The number of nitrogens with one attached hydrogen (secondary N) is 1. The Morgan fingerprint density at radius 1 is 1.14 bits per heavy atom. The van der Waals surface area contributed by atoms with Crippen LogP contribution in [0.2, 0.25) is 5.02 Å². The molecule has 0 aliphatic rings. The van der Waals surface area contributed by atoms with Crippen LogP contribution in [0.4, 0.5) is 0 Å². The number of hydrogen-bond donors (Lipinski definition) is 1. The Morgan fingerprint density at radius 2 is 1.86 bits per heavy atom. The van der Waals surface area contributed by atoms with Crippen molar-refractivity contribution >= 4 is 39.3 Å². The molecule has 2 rings (SSSR count). The zero-order valence-corrected chi connectivity index (χ0v) is 18.8. The van der Waals surface area contributed by atoms with E-state index in [-0.39, 0.29) is 24.3 Å². The first kappa shape index (κ1) is 22.4. The average molecular weight is 466 g/mol. The largest absolute Gasteiger partial charge is 0.352 e. The second kappa shape index (κ2) is 10.6. The fourth-order valence-corrected chi connectivity index (χ4v) is 3.44. The Morgan fingerprint density at radius 3 is 2.50 bits per heavy atom. The van der Waals surface area contributed by atoms with Crippen molar-refractivity contribution in [3.8, 4) is 0 Å². The van der Waals surface area contributed by atoms with Crippen LogP contribution in [0.25, 0.3) is 0 Å². The van der Waals surface area contributed by atoms with Gasteiger partial charge in [0.2, 0.25) is 11.8 Å². The lowest BCUT2D eigenvalue weighted by Crippen LogP contribution is -2.49. The number of rotatable bonds is 8. The van der Waals surface area contributed by atoms with Crippen LogP contribution in [-0.2, 0) is 22.6 Å². The smallest absolute Gasteiger partial charge is 0.242 e. The summed E-state index contributed by atoms with van der Waals surface area (Å²) in [7, 11) is 0. The van der Waals surface area contributed by atoms with E-state index in [0.717, 1.165) is 22.0 Å². The van der Waals surface area contributed by atoms with E-state index >= 15 is 0 Å². The molecule has 2 amide bonds. The molecule has 0 bridgehead atoms. The maximum atomic E-state index is 13.1. The Labute approximate surface area is 180 Å². The molecule has 28 heavy (non-hydrogen) atoms. The van der Waals surface area contributed by atoms with Crippen LogP contribution in [0.5, 0.6) is 0 Å². The molecule has 6 heteroatoms. The van der Waals surface area contributed by atoms with Crippen LogP contribution in [0.15, 0.2) is 53.0 Å². The number of amides is 2. The minimum atomic E-state index is -0.594. The van der Waals surface area contributed by atoms with Gasteiger partial charge in [0.1, 0.15) is 6.04 Å². The molecule has 1 N–H and O–H groups in total. The van der Waals surface area contributed by atoms with Crippen molar-refractivity contribution < 1.29 is 9.59 Å². The molecule has 0 heterocycles. The van der Waals surface area contributed by atoms with E-state index in [4.69, 9.17) is 11.6 Å². The van der Waals surface area contributed by atoms with E-state index in [9.17, 15) is 9.59 Å². The molecule has 0 saturated heterocycles. The molecular formula is C22H26BrClN2O2. The first-order valence-corrected chi connectivity index (χ1v) is 10.6. The number of benzene rings is 2. The summed E-state index contributed by atoms with van der Waals surface area (Å²) in [6.07, 6.45) is 0.978. The molecule has 0 aliphatic carbocycles. The lowest BCUT2D eigenvalue weighted by atomic mass is 10.1. The number of carbonyl (C=O) groups is 2. The molecule has 0 fully saturated rings. The molecule has 2 aromatic rings. The predicted molar refractivity (Wildman–Crippen MR) is 117 cm³/mol. The summed E-state index contributed by atoms with van der Waals surface area (Å²) in [6.45, 7) is 6.07. The van der Waals surface area contributed by atoms with Crippen molar-refractivity contribution in [2.45, 2.75) is 52.2 Å². The number of hydrogen-bond acceptors (Lipinski definition) is 2. The van der Waals surface area contributed by atoms with Crippen LogP contribution >= 0.6 is 27.5 Å². The minimum Gasteiger partial charge on any atom is -0.352 e. The van der Waals surface area contributed by atoms with Crippen molar-refractivity contribution in [2.24, 2.45) is 0 Å². The summed E-state index contributed by atoms with van der Waals surface area (Å²) in [5, 5.41) is 3.52. The van der Waals surface area contributed by atoms with Gasteiger partial charge in [-0.1, -0.05) is 64.8 Å². The Bertz CT molecular complexity index is 828. The monoisotopic (exact) mass is 464 g/mol. The highest BCUT2D eigenvalue weighted by Crippen LogP contribution is 2.19. The van der Waals surface area contributed by atoms with E-state index in [2.05, 4.69) is 21.2 Å². The van der Waals surface area contributed by atoms with Gasteiger partial charge in [0.05, 0.1) is 6.42 Å². The predicted octanol–water partition coefficient (Wildman–Crippen LogP) is 4.98. The summed E-state index contributed by atoms with van der Waals surface area (Å²) in [6, 6.07) is 14.5. The first-order chi connectivity index (χ1) is 13.3. The van der Waals surface area contributed by atoms with Gasteiger partial charge in [-0.25, -0.2) is 0 Å². The molecule has 150 valence electrons. The zero-order chi connectivity index (χ0) is 20.7. The van der Waals surface area contributed by atoms with Crippen molar-refractivity contribution in [1.82, 2.24) is 10.2 Å². The van der Waals surface area contributed by atoms with Crippen molar-refractivity contribution in [1.29, 1.82) is 0 Å². The van der Waals surface area contributed by atoms with E-state index < -0.39 is 6.04 Å². The van der Waals surface area contributed by atoms with E-state index in [1.165, 1.54) is 0 Å². The van der Waals surface area contributed by atoms with Gasteiger partial charge in [0.25, 0.3) is 0 Å². The van der Waals surface area contributed by atoms with E-state index in [0.29, 0.717) is 11.6 Å². The highest BCUT2D eigenvalue weighted by Gasteiger charge is 2.27. The third-order valence-electron chi connectivity index (χ3n) is 4.71. The second-order valence-corrected chi connectivity index (χ2v) is 8.24. The van der Waals surface area contributed by atoms with E-state index in [1.54, 1.807) is 17.9 Å². The summed E-state index contributed by atoms with van der Waals surface area (Å²) in [5.41, 5.74) is 1.70. The van der Waals surface area contributed by atoms with Gasteiger partial charge in [0, 0.05) is 22.1 Å². The quantitative estimate of drug-likeness (QED) is 0.598. The van der Waals surface area contributed by atoms with E-state index in [1.807, 2.05) is 56.3 Å². The molecular weight excluding hydrogens is 440 g/mol. The molecule has 0 unspecified atom stereocenters. The Hall–Kier alpha value is -1.85. The van der Waals surface area contributed by atoms with Gasteiger partial charge < -0.3 is 10.2 Å². The van der Waals surface area contributed by atoms with Crippen LogP contribution in [0, 0.1) is 0 Å². The Balaban J connectivity index is 2.25. The molecule has 0 radical (unpaired) electrons. The lowest BCUT2D eigenvalue weighted by molar-refractivity contribution is -0.140. The fourth-order valence-electron chi connectivity index (χ4n) is 2.79. The number of nitrogens with zero attached hydrogens (tertiary/aromatic N) is 1. The highest BCUT2D eigenvalue weighted by molar-refractivity contribution is 9.10. The number of halogens is 2. The molecule has 0 spiro atoms. The van der Waals surface area contributed by atoms with Gasteiger partial charge in [-0.3, -0.25) is 9.59 Å². The molecule has 2 atom stereocenters. The third-order valence-corrected chi connectivity index (χ3v) is 5.57. The maximum absolute atomic E-state index is 13.1. The molecule has 0 saturated carbocycles. The molecule has 4 nitrogen and oxygen atoms in total. The Kier molecular flexibility index (Phi) is 8.52.